The highest BCUT2D eigenvalue weighted by Crippen LogP contribution is 2.27. The first-order chi connectivity index (χ1) is 13.2. The number of H-pyrrole nitrogens is 1. The monoisotopic (exact) mass is 363 g/mol. The van der Waals surface area contributed by atoms with Gasteiger partial charge in [-0.05, 0) is 48.2 Å². The Kier molecular flexibility index (Phi) is 3.86. The number of benzene rings is 2. The average Bonchev–Trinajstić information content (AvgIpc) is 3.30. The molecule has 6 heteroatoms. The molecule has 0 saturated carbocycles. The van der Waals surface area contributed by atoms with Gasteiger partial charge in [0.05, 0.1) is 24.2 Å². The molecule has 27 heavy (non-hydrogen) atoms. The number of piperidine rings is 1. The summed E-state index contributed by atoms with van der Waals surface area (Å²) in [5.41, 5.74) is 4.74. The largest absolute Gasteiger partial charge is 0.372 e. The minimum absolute atomic E-state index is 0.0643. The molecule has 1 N–H and O–H groups in total. The number of hydrogen-bond acceptors (Lipinski definition) is 3. The third-order valence-electron chi connectivity index (χ3n) is 5.71. The molecule has 2 aliphatic heterocycles. The molecular weight excluding hydrogens is 342 g/mol. The van der Waals surface area contributed by atoms with Crippen LogP contribution in [0, 0.1) is 0 Å². The maximum Gasteiger partial charge on any atom is 0.326 e. The van der Waals surface area contributed by atoms with Gasteiger partial charge in [-0.1, -0.05) is 18.2 Å². The quantitative estimate of drug-likeness (QED) is 0.761. The van der Waals surface area contributed by atoms with Gasteiger partial charge in [0, 0.05) is 24.7 Å². The highest BCUT2D eigenvalue weighted by atomic mass is 16.5. The first kappa shape index (κ1) is 16.3. The minimum Gasteiger partial charge on any atom is -0.372 e. The van der Waals surface area contributed by atoms with Crippen molar-refractivity contribution in [3.63, 3.8) is 0 Å². The number of likely N-dealkylation sites (tertiary alicyclic amines) is 1. The maximum atomic E-state index is 12.9. The van der Waals surface area contributed by atoms with E-state index in [9.17, 15) is 9.59 Å². The molecule has 3 aromatic rings. The van der Waals surface area contributed by atoms with Gasteiger partial charge in [-0.25, -0.2) is 4.79 Å². The van der Waals surface area contributed by atoms with Crippen LogP contribution in [-0.4, -0.2) is 33.4 Å². The lowest BCUT2D eigenvalue weighted by Gasteiger charge is -2.32. The SMILES string of the molecule is O=C(c1ccc2c(c1)COC2)N1CCC(n2c(=O)[nH]c3ccccc32)CC1. The number of para-hydroxylation sites is 2. The molecule has 0 radical (unpaired) electrons. The van der Waals surface area contributed by atoms with Crippen molar-refractivity contribution >= 4 is 16.9 Å². The van der Waals surface area contributed by atoms with Crippen molar-refractivity contribution in [2.75, 3.05) is 13.1 Å². The molecule has 6 nitrogen and oxygen atoms in total. The molecule has 3 heterocycles. The van der Waals surface area contributed by atoms with Crippen molar-refractivity contribution in [2.24, 2.45) is 0 Å². The summed E-state index contributed by atoms with van der Waals surface area (Å²) in [6, 6.07) is 13.7. The average molecular weight is 363 g/mol. The number of fused-ring (bicyclic) bond motifs is 2. The second-order valence-corrected chi connectivity index (χ2v) is 7.32. The smallest absolute Gasteiger partial charge is 0.326 e. The van der Waals surface area contributed by atoms with Crippen molar-refractivity contribution in [2.45, 2.75) is 32.1 Å². The molecule has 1 aromatic heterocycles. The molecule has 138 valence electrons. The number of imidazole rings is 1. The Bertz CT molecular complexity index is 1070. The fourth-order valence-electron chi connectivity index (χ4n) is 4.25. The van der Waals surface area contributed by atoms with Crippen molar-refractivity contribution in [3.8, 4) is 0 Å². The van der Waals surface area contributed by atoms with Gasteiger partial charge in [-0.15, -0.1) is 0 Å². The van der Waals surface area contributed by atoms with E-state index < -0.39 is 0 Å². The molecule has 2 aromatic carbocycles. The zero-order valence-electron chi connectivity index (χ0n) is 15.0. The second-order valence-electron chi connectivity index (χ2n) is 7.32. The summed E-state index contributed by atoms with van der Waals surface area (Å²) < 4.78 is 7.29. The predicted molar refractivity (Wildman–Crippen MR) is 102 cm³/mol. The number of nitrogens with one attached hydrogen (secondary N) is 1. The van der Waals surface area contributed by atoms with E-state index in [0.29, 0.717) is 26.3 Å². The molecule has 0 atom stereocenters. The number of rotatable bonds is 2. The molecule has 5 rings (SSSR count). The van der Waals surface area contributed by atoms with E-state index in [2.05, 4.69) is 4.98 Å². The topological polar surface area (TPSA) is 67.3 Å². The van der Waals surface area contributed by atoms with Crippen molar-refractivity contribution in [1.82, 2.24) is 14.5 Å². The molecule has 1 amide bonds. The van der Waals surface area contributed by atoms with Gasteiger partial charge in [0.2, 0.25) is 0 Å². The number of amides is 1. The lowest BCUT2D eigenvalue weighted by atomic mass is 10.0. The molecule has 1 fully saturated rings. The van der Waals surface area contributed by atoms with Crippen LogP contribution >= 0.6 is 0 Å². The molecule has 0 spiro atoms. The summed E-state index contributed by atoms with van der Waals surface area (Å²) in [7, 11) is 0. The molecular formula is C21H21N3O3. The number of carbonyl (C=O) groups excluding carboxylic acids is 1. The standard InChI is InChI=1S/C21H21N3O3/c25-20(14-5-6-15-12-27-13-16(15)11-14)23-9-7-17(8-10-23)24-19-4-2-1-3-18(19)22-21(24)26/h1-6,11,17H,7-10,12-13H2,(H,22,26). The third-order valence-corrected chi connectivity index (χ3v) is 5.71. The van der Waals surface area contributed by atoms with Gasteiger partial charge in [0.15, 0.2) is 0 Å². The Hall–Kier alpha value is -2.86. The highest BCUT2D eigenvalue weighted by Gasteiger charge is 2.27. The zero-order chi connectivity index (χ0) is 18.4. The van der Waals surface area contributed by atoms with Crippen LogP contribution in [0.25, 0.3) is 11.0 Å². The number of ether oxygens (including phenoxy) is 1. The molecule has 0 bridgehead atoms. The fourth-order valence-corrected chi connectivity index (χ4v) is 4.25. The van der Waals surface area contributed by atoms with Gasteiger partial charge < -0.3 is 14.6 Å². The van der Waals surface area contributed by atoms with Crippen molar-refractivity contribution < 1.29 is 9.53 Å². The third kappa shape index (κ3) is 2.77. The fraction of sp³-hybridized carbons (Fsp3) is 0.333. The minimum atomic E-state index is -0.0698. The Balaban J connectivity index is 1.33. The first-order valence-electron chi connectivity index (χ1n) is 9.39. The molecule has 2 aliphatic rings. The Morgan fingerprint density at radius 1 is 1.04 bits per heavy atom. The van der Waals surface area contributed by atoms with E-state index in [0.717, 1.165) is 35.0 Å². The number of aromatic nitrogens is 2. The van der Waals surface area contributed by atoms with Crippen LogP contribution in [-0.2, 0) is 18.0 Å². The number of nitrogens with zero attached hydrogens (tertiary/aromatic N) is 2. The zero-order valence-corrected chi connectivity index (χ0v) is 15.0. The normalized spacial score (nSPS) is 17.4. The van der Waals surface area contributed by atoms with Gasteiger partial charge in [-0.2, -0.15) is 0 Å². The first-order valence-corrected chi connectivity index (χ1v) is 9.39. The summed E-state index contributed by atoms with van der Waals surface area (Å²) in [5, 5.41) is 0. The van der Waals surface area contributed by atoms with Gasteiger partial charge in [-0.3, -0.25) is 9.36 Å². The number of aromatic amines is 1. The van der Waals surface area contributed by atoms with E-state index in [-0.39, 0.29) is 17.6 Å². The highest BCUT2D eigenvalue weighted by molar-refractivity contribution is 5.94. The van der Waals surface area contributed by atoms with Crippen LogP contribution in [0.1, 0.15) is 40.4 Å². The van der Waals surface area contributed by atoms with Crippen molar-refractivity contribution in [1.29, 1.82) is 0 Å². The van der Waals surface area contributed by atoms with Crippen molar-refractivity contribution in [3.05, 3.63) is 69.6 Å². The predicted octanol–water partition coefficient (Wildman–Crippen LogP) is 2.84. The van der Waals surface area contributed by atoms with Crippen LogP contribution in [0.2, 0.25) is 0 Å². The van der Waals surface area contributed by atoms with Gasteiger partial charge in [0.1, 0.15) is 0 Å². The van der Waals surface area contributed by atoms with Gasteiger partial charge in [0.25, 0.3) is 5.91 Å². The summed E-state index contributed by atoms with van der Waals surface area (Å²) in [6.45, 7) is 2.53. The molecule has 0 unspecified atom stereocenters. The summed E-state index contributed by atoms with van der Waals surface area (Å²) in [4.78, 5) is 30.1. The van der Waals surface area contributed by atoms with E-state index in [1.807, 2.05) is 51.9 Å². The lowest BCUT2D eigenvalue weighted by molar-refractivity contribution is 0.0695. The van der Waals surface area contributed by atoms with E-state index in [4.69, 9.17) is 4.74 Å². The second kappa shape index (κ2) is 6.39. The molecule has 0 aliphatic carbocycles. The Labute approximate surface area is 156 Å². The lowest BCUT2D eigenvalue weighted by Crippen LogP contribution is -2.40. The number of carbonyl (C=O) groups is 1. The van der Waals surface area contributed by atoms with E-state index >= 15 is 0 Å². The molecule has 1 saturated heterocycles. The summed E-state index contributed by atoms with van der Waals surface area (Å²) in [5.74, 6) is 0.0643. The Morgan fingerprint density at radius 2 is 1.81 bits per heavy atom. The number of hydrogen-bond donors (Lipinski definition) is 1. The van der Waals surface area contributed by atoms with Crippen LogP contribution in [0.3, 0.4) is 0 Å². The summed E-state index contributed by atoms with van der Waals surface area (Å²) >= 11 is 0. The van der Waals surface area contributed by atoms with Crippen LogP contribution in [0.4, 0.5) is 0 Å². The van der Waals surface area contributed by atoms with Crippen LogP contribution in [0.15, 0.2) is 47.3 Å². The van der Waals surface area contributed by atoms with Gasteiger partial charge >= 0.3 is 5.69 Å². The van der Waals surface area contributed by atoms with E-state index in [1.165, 1.54) is 5.56 Å². The van der Waals surface area contributed by atoms with E-state index in [1.54, 1.807) is 0 Å². The maximum absolute atomic E-state index is 12.9. The van der Waals surface area contributed by atoms with Crippen LogP contribution in [0.5, 0.6) is 0 Å². The van der Waals surface area contributed by atoms with Crippen LogP contribution < -0.4 is 5.69 Å². The summed E-state index contributed by atoms with van der Waals surface area (Å²) in [6.07, 6.45) is 1.56. The Morgan fingerprint density at radius 3 is 2.67 bits per heavy atom.